The van der Waals surface area contributed by atoms with Crippen LogP contribution in [0.15, 0.2) is 176 Å². The van der Waals surface area contributed by atoms with Crippen molar-refractivity contribution in [2.75, 3.05) is 21.1 Å². The van der Waals surface area contributed by atoms with E-state index in [-0.39, 0.29) is 5.78 Å². The highest BCUT2D eigenvalue weighted by molar-refractivity contribution is 7.19. The van der Waals surface area contributed by atoms with E-state index in [2.05, 4.69) is 142 Å². The third-order valence-electron chi connectivity index (χ3n) is 8.11. The highest BCUT2D eigenvalue weighted by Gasteiger charge is 2.31. The second kappa shape index (κ2) is 14.0. The molecule has 0 heterocycles. The van der Waals surface area contributed by atoms with Gasteiger partial charge in [-0.25, -0.2) is 0 Å². The van der Waals surface area contributed by atoms with Crippen LogP contribution in [0.4, 0.5) is 0 Å². The Labute approximate surface area is 262 Å². The molecule has 0 amide bonds. The number of ketones is 1. The Bertz CT molecular complexity index is 1570. The third-order valence-corrected chi connectivity index (χ3v) is 8.11. The number of carbonyl (C=O) groups is 1. The number of carbonyl (C=O) groups excluding carboxylic acids is 1. The molecule has 0 aliphatic carbocycles. The zero-order valence-corrected chi connectivity index (χ0v) is 25.9. The van der Waals surface area contributed by atoms with Crippen LogP contribution in [0, 0.1) is 0 Å². The first kappa shape index (κ1) is 30.5. The Balaban J connectivity index is 0.000000182. The lowest BCUT2D eigenvalue weighted by Crippen LogP contribution is -2.74. The molecule has 2 nitrogen and oxygen atoms in total. The van der Waals surface area contributed by atoms with E-state index in [9.17, 15) is 4.79 Å². The highest BCUT2D eigenvalue weighted by atomic mass is 16.1. The van der Waals surface area contributed by atoms with Gasteiger partial charge in [0, 0.05) is 16.7 Å². The summed E-state index contributed by atoms with van der Waals surface area (Å²) >= 11 is 0. The second-order valence-electron chi connectivity index (χ2n) is 12.3. The van der Waals surface area contributed by atoms with Crippen molar-refractivity contribution < 1.29 is 9.28 Å². The molecule has 0 bridgehead atoms. The van der Waals surface area contributed by atoms with Crippen LogP contribution < -0.4 is 21.9 Å². The van der Waals surface area contributed by atoms with Gasteiger partial charge in [-0.3, -0.25) is 4.79 Å². The standard InChI is InChI=1S/C24H20B.C17H20NO/c1-5-13-21(14-6-1)25(22-15-7-2-8-16-22,23-17-9-3-10-18-23)24-19-11-4-12-20-24;1-18(2,3)13-14-9-11-16(12-10-14)17(19)15-7-5-4-6-8-15/h1-20H;4-12H,13H2,1-3H3/q-1;+1. The topological polar surface area (TPSA) is 17.1 Å². The van der Waals surface area contributed by atoms with Crippen molar-refractivity contribution in [2.24, 2.45) is 0 Å². The molecule has 44 heavy (non-hydrogen) atoms. The van der Waals surface area contributed by atoms with Crippen LogP contribution in [0.1, 0.15) is 21.5 Å². The van der Waals surface area contributed by atoms with E-state index in [1.165, 1.54) is 27.4 Å². The van der Waals surface area contributed by atoms with Crippen LogP contribution in [0.25, 0.3) is 0 Å². The maximum absolute atomic E-state index is 12.2. The molecule has 6 aromatic carbocycles. The summed E-state index contributed by atoms with van der Waals surface area (Å²) in [5.74, 6) is 0.0809. The average Bonchev–Trinajstić information content (AvgIpc) is 3.07. The predicted molar refractivity (Wildman–Crippen MR) is 188 cm³/mol. The number of hydrogen-bond donors (Lipinski definition) is 0. The fraction of sp³-hybridized carbons (Fsp3) is 0.0976. The quantitative estimate of drug-likeness (QED) is 0.121. The first-order chi connectivity index (χ1) is 21.4. The summed E-state index contributed by atoms with van der Waals surface area (Å²) in [5, 5.41) is 0. The smallest absolute Gasteiger partial charge is 0.193 e. The lowest BCUT2D eigenvalue weighted by Gasteiger charge is -2.44. The van der Waals surface area contributed by atoms with Crippen molar-refractivity contribution in [2.45, 2.75) is 6.54 Å². The number of nitrogens with zero attached hydrogens (tertiary/aromatic N) is 1. The summed E-state index contributed by atoms with van der Waals surface area (Å²) in [4.78, 5) is 12.2. The maximum Gasteiger partial charge on any atom is 0.193 e. The van der Waals surface area contributed by atoms with Gasteiger partial charge in [-0.1, -0.05) is 176 Å². The van der Waals surface area contributed by atoms with Crippen molar-refractivity contribution in [3.8, 4) is 0 Å². The van der Waals surface area contributed by atoms with Gasteiger partial charge in [-0.2, -0.15) is 21.9 Å². The van der Waals surface area contributed by atoms with Crippen LogP contribution in [-0.4, -0.2) is 37.6 Å². The molecule has 0 aromatic heterocycles. The summed E-state index contributed by atoms with van der Waals surface area (Å²) in [6.45, 7) is 0.958. The molecular weight excluding hydrogens is 533 g/mol. The van der Waals surface area contributed by atoms with E-state index in [0.29, 0.717) is 0 Å². The second-order valence-corrected chi connectivity index (χ2v) is 12.3. The first-order valence-electron chi connectivity index (χ1n) is 15.2. The van der Waals surface area contributed by atoms with Gasteiger partial charge in [0.1, 0.15) is 12.7 Å². The van der Waals surface area contributed by atoms with Gasteiger partial charge in [0.05, 0.1) is 21.1 Å². The van der Waals surface area contributed by atoms with Crippen molar-refractivity contribution in [3.05, 3.63) is 193 Å². The van der Waals surface area contributed by atoms with E-state index in [0.717, 1.165) is 22.2 Å². The molecule has 0 unspecified atom stereocenters. The molecule has 0 fully saturated rings. The third kappa shape index (κ3) is 7.14. The first-order valence-corrected chi connectivity index (χ1v) is 15.2. The largest absolute Gasteiger partial charge is 0.327 e. The Morgan fingerprint density at radius 1 is 0.432 bits per heavy atom. The minimum atomic E-state index is -1.22. The summed E-state index contributed by atoms with van der Waals surface area (Å²) in [6, 6.07) is 60.8. The fourth-order valence-electron chi connectivity index (χ4n) is 6.19. The molecule has 6 aromatic rings. The van der Waals surface area contributed by atoms with Gasteiger partial charge < -0.3 is 4.48 Å². The van der Waals surface area contributed by atoms with E-state index in [1.54, 1.807) is 0 Å². The normalized spacial score (nSPS) is 11.2. The molecule has 3 heteroatoms. The van der Waals surface area contributed by atoms with Gasteiger partial charge in [0.25, 0.3) is 0 Å². The molecule has 0 aliphatic rings. The molecule has 0 atom stereocenters. The van der Waals surface area contributed by atoms with Crippen LogP contribution in [0.3, 0.4) is 0 Å². The Kier molecular flexibility index (Phi) is 9.69. The van der Waals surface area contributed by atoms with Crippen LogP contribution >= 0.6 is 0 Å². The van der Waals surface area contributed by atoms with Gasteiger partial charge in [0.2, 0.25) is 0 Å². The fourth-order valence-corrected chi connectivity index (χ4v) is 6.19. The minimum Gasteiger partial charge on any atom is -0.327 e. The van der Waals surface area contributed by atoms with Crippen molar-refractivity contribution in [1.29, 1.82) is 0 Å². The molecule has 218 valence electrons. The van der Waals surface area contributed by atoms with E-state index < -0.39 is 6.15 Å². The van der Waals surface area contributed by atoms with E-state index >= 15 is 0 Å². The summed E-state index contributed by atoms with van der Waals surface area (Å²) in [7, 11) is 6.47. The SMILES string of the molecule is C[N+](C)(C)Cc1ccc(C(=O)c2ccccc2)cc1.c1ccc([B-](c2ccccc2)(c2ccccc2)c2ccccc2)cc1. The zero-order valence-electron chi connectivity index (χ0n) is 25.9. The van der Waals surface area contributed by atoms with Crippen molar-refractivity contribution in [3.63, 3.8) is 0 Å². The van der Waals surface area contributed by atoms with Gasteiger partial charge in [0.15, 0.2) is 5.78 Å². The van der Waals surface area contributed by atoms with Crippen molar-refractivity contribution in [1.82, 2.24) is 0 Å². The van der Waals surface area contributed by atoms with Gasteiger partial charge in [-0.05, 0) is 0 Å². The molecule has 0 radical (unpaired) electrons. The average molecular weight is 574 g/mol. The summed E-state index contributed by atoms with van der Waals surface area (Å²) in [6.07, 6.45) is -1.22. The number of benzene rings is 6. The minimum absolute atomic E-state index is 0.0809. The van der Waals surface area contributed by atoms with E-state index in [1.807, 2.05) is 54.6 Å². The summed E-state index contributed by atoms with van der Waals surface area (Å²) in [5.41, 5.74) is 8.09. The van der Waals surface area contributed by atoms with E-state index in [4.69, 9.17) is 0 Å². The molecule has 0 spiro atoms. The molecular formula is C41H40BNO. The lowest BCUT2D eigenvalue weighted by atomic mass is 9.13. The summed E-state index contributed by atoms with van der Waals surface area (Å²) < 4.78 is 0.881. The Morgan fingerprint density at radius 3 is 1.05 bits per heavy atom. The van der Waals surface area contributed by atoms with Crippen LogP contribution in [0.2, 0.25) is 0 Å². The number of quaternary nitrogens is 1. The maximum atomic E-state index is 12.2. The van der Waals surface area contributed by atoms with Crippen molar-refractivity contribution >= 4 is 33.8 Å². The zero-order chi connectivity index (χ0) is 30.8. The molecule has 0 N–H and O–H groups in total. The Morgan fingerprint density at radius 2 is 0.727 bits per heavy atom. The molecule has 0 saturated carbocycles. The predicted octanol–water partition coefficient (Wildman–Crippen LogP) is 6.19. The molecule has 0 saturated heterocycles. The number of hydrogen-bond acceptors (Lipinski definition) is 1. The van der Waals surface area contributed by atoms with Crippen LogP contribution in [-0.2, 0) is 6.54 Å². The van der Waals surface area contributed by atoms with Crippen LogP contribution in [0.5, 0.6) is 0 Å². The number of rotatable bonds is 8. The lowest BCUT2D eigenvalue weighted by molar-refractivity contribution is -0.884. The highest BCUT2D eigenvalue weighted by Crippen LogP contribution is 2.13. The Hall–Kier alpha value is -4.99. The molecule has 6 rings (SSSR count). The van der Waals surface area contributed by atoms with Gasteiger partial charge >= 0.3 is 0 Å². The van der Waals surface area contributed by atoms with Gasteiger partial charge in [-0.15, -0.1) is 0 Å². The monoisotopic (exact) mass is 573 g/mol. The molecule has 0 aliphatic heterocycles.